The van der Waals surface area contributed by atoms with Gasteiger partial charge < -0.3 is 19.5 Å². The number of aliphatic hydroxyl groups excluding tert-OH is 1. The van der Waals surface area contributed by atoms with Crippen LogP contribution in [0.3, 0.4) is 0 Å². The van der Waals surface area contributed by atoms with Gasteiger partial charge in [-0.1, -0.05) is 74.3 Å². The molecule has 0 fully saturated rings. The summed E-state index contributed by atoms with van der Waals surface area (Å²) in [5, 5.41) is 9.41. The smallest absolute Gasteiger partial charge is 0.156 e. The molecular formula is C30H43ClN2O3S. The van der Waals surface area contributed by atoms with Gasteiger partial charge in [0.2, 0.25) is 0 Å². The highest BCUT2D eigenvalue weighted by molar-refractivity contribution is 8.33. The van der Waals surface area contributed by atoms with Crippen LogP contribution in [0.1, 0.15) is 37.5 Å². The van der Waals surface area contributed by atoms with E-state index in [1.807, 2.05) is 24.3 Å². The third kappa shape index (κ3) is 10.1. The summed E-state index contributed by atoms with van der Waals surface area (Å²) in [7, 11) is 1.32. The molecule has 0 spiro atoms. The summed E-state index contributed by atoms with van der Waals surface area (Å²) in [4.78, 5) is 6.71. The van der Waals surface area contributed by atoms with Gasteiger partial charge in [0, 0.05) is 19.2 Å². The second kappa shape index (κ2) is 13.9. The Hall–Kier alpha value is -2.41. The zero-order valence-electron chi connectivity index (χ0n) is 23.5. The van der Waals surface area contributed by atoms with E-state index in [0.29, 0.717) is 28.6 Å². The van der Waals surface area contributed by atoms with Crippen molar-refractivity contribution in [2.45, 2.75) is 45.5 Å². The average molecular weight is 547 g/mol. The number of hydrogen-bond acceptors (Lipinski definition) is 5. The zero-order chi connectivity index (χ0) is 27.6. The predicted molar refractivity (Wildman–Crippen MR) is 161 cm³/mol. The zero-order valence-corrected chi connectivity index (χ0v) is 25.1. The Labute approximate surface area is 230 Å². The highest BCUT2D eigenvalue weighted by Gasteiger charge is 2.22. The lowest BCUT2D eigenvalue weighted by Gasteiger charge is -2.40. The number of aromatic nitrogens is 1. The fourth-order valence-electron chi connectivity index (χ4n) is 2.93. The van der Waals surface area contributed by atoms with Crippen molar-refractivity contribution in [2.75, 3.05) is 44.0 Å². The number of methoxy groups -OCH3 is 1. The summed E-state index contributed by atoms with van der Waals surface area (Å²) in [6.45, 7) is 10.5. The number of anilines is 1. The third-order valence-corrected chi connectivity index (χ3v) is 10.3. The summed E-state index contributed by atoms with van der Waals surface area (Å²) in [6, 6.07) is 18.2. The first-order valence-corrected chi connectivity index (χ1v) is 15.6. The van der Waals surface area contributed by atoms with Gasteiger partial charge in [-0.05, 0) is 53.7 Å². The van der Waals surface area contributed by atoms with E-state index in [4.69, 9.17) is 26.2 Å². The molecule has 0 saturated heterocycles. The highest BCUT2D eigenvalue weighted by Crippen LogP contribution is 2.48. The number of halogens is 1. The molecule has 5 nitrogen and oxygen atoms in total. The van der Waals surface area contributed by atoms with Crippen LogP contribution in [0.25, 0.3) is 0 Å². The normalized spacial score (nSPS) is 11.8. The molecule has 2 aromatic carbocycles. The minimum atomic E-state index is -0.340. The first-order chi connectivity index (χ1) is 17.3. The maximum absolute atomic E-state index is 8.94. The van der Waals surface area contributed by atoms with Crippen molar-refractivity contribution in [1.29, 1.82) is 0 Å². The molecule has 204 valence electrons. The number of pyridine rings is 1. The van der Waals surface area contributed by atoms with E-state index in [2.05, 4.69) is 80.6 Å². The lowest BCUT2D eigenvalue weighted by molar-refractivity contribution is 0.201. The molecule has 0 aliphatic heterocycles. The number of ether oxygens (including phenoxy) is 2. The molecule has 0 saturated carbocycles. The van der Waals surface area contributed by atoms with Crippen molar-refractivity contribution in [3.63, 3.8) is 0 Å². The monoisotopic (exact) mass is 546 g/mol. The molecule has 0 bridgehead atoms. The van der Waals surface area contributed by atoms with Crippen LogP contribution >= 0.6 is 21.6 Å². The van der Waals surface area contributed by atoms with Gasteiger partial charge in [-0.2, -0.15) is 0 Å². The second-order valence-electron chi connectivity index (χ2n) is 10.7. The molecular weight excluding hydrogens is 504 g/mol. The van der Waals surface area contributed by atoms with Crippen molar-refractivity contribution in [3.05, 3.63) is 82.5 Å². The molecule has 1 heterocycles. The summed E-state index contributed by atoms with van der Waals surface area (Å²) in [5.74, 6) is 2.04. The van der Waals surface area contributed by atoms with Crippen LogP contribution in [0.2, 0.25) is 5.02 Å². The first kappa shape index (κ1) is 30.8. The predicted octanol–water partition coefficient (Wildman–Crippen LogP) is 7.11. The van der Waals surface area contributed by atoms with Crippen LogP contribution in [0.15, 0.2) is 60.8 Å². The molecule has 3 aromatic rings. The van der Waals surface area contributed by atoms with E-state index in [-0.39, 0.29) is 23.2 Å². The number of rotatable bonds is 9. The van der Waals surface area contributed by atoms with Gasteiger partial charge >= 0.3 is 0 Å². The summed E-state index contributed by atoms with van der Waals surface area (Å²) in [6.07, 6.45) is 8.66. The molecule has 0 aliphatic carbocycles. The minimum absolute atomic E-state index is 0.0743. The SMILES string of the molecule is CC(C)(C)S(C)(C)C.COc1ccc(CN(Cc2ccc(C)cc2)c2cc(Cl)c(OCCO)cn2)cc1. The molecule has 0 aliphatic rings. The van der Waals surface area contributed by atoms with Gasteiger partial charge in [0.1, 0.15) is 18.2 Å². The summed E-state index contributed by atoms with van der Waals surface area (Å²) < 4.78 is 11.2. The van der Waals surface area contributed by atoms with E-state index < -0.39 is 0 Å². The number of aliphatic hydroxyl groups is 1. The molecule has 0 unspecified atom stereocenters. The fourth-order valence-corrected chi connectivity index (χ4v) is 3.13. The average Bonchev–Trinajstić information content (AvgIpc) is 2.84. The number of hydrogen-bond donors (Lipinski definition) is 1. The van der Waals surface area contributed by atoms with E-state index in [9.17, 15) is 0 Å². The van der Waals surface area contributed by atoms with Crippen molar-refractivity contribution >= 4 is 27.4 Å². The van der Waals surface area contributed by atoms with Crippen molar-refractivity contribution in [2.24, 2.45) is 0 Å². The molecule has 7 heteroatoms. The Kier molecular flexibility index (Phi) is 11.6. The topological polar surface area (TPSA) is 54.8 Å². The number of nitrogens with zero attached hydrogens (tertiary/aromatic N) is 2. The second-order valence-corrected chi connectivity index (χ2v) is 16.0. The van der Waals surface area contributed by atoms with Gasteiger partial charge in [-0.25, -0.2) is 15.0 Å². The van der Waals surface area contributed by atoms with Gasteiger partial charge in [0.05, 0.1) is 24.9 Å². The Morgan fingerprint density at radius 1 is 0.946 bits per heavy atom. The molecule has 3 rings (SSSR count). The van der Waals surface area contributed by atoms with Crippen molar-refractivity contribution < 1.29 is 14.6 Å². The van der Waals surface area contributed by atoms with Gasteiger partial charge in [-0.3, -0.25) is 0 Å². The van der Waals surface area contributed by atoms with Crippen LogP contribution in [-0.4, -0.2) is 53.9 Å². The van der Waals surface area contributed by atoms with E-state index in [0.717, 1.165) is 17.1 Å². The quantitative estimate of drug-likeness (QED) is 0.310. The van der Waals surface area contributed by atoms with Crippen LogP contribution in [0.5, 0.6) is 11.5 Å². The first-order valence-electron chi connectivity index (χ1n) is 12.3. The Morgan fingerprint density at radius 3 is 1.89 bits per heavy atom. The van der Waals surface area contributed by atoms with Gasteiger partial charge in [-0.15, -0.1) is 0 Å². The fraction of sp³-hybridized carbons (Fsp3) is 0.433. The minimum Gasteiger partial charge on any atom is -0.497 e. The summed E-state index contributed by atoms with van der Waals surface area (Å²) in [5.41, 5.74) is 3.54. The van der Waals surface area contributed by atoms with E-state index >= 15 is 0 Å². The lowest BCUT2D eigenvalue weighted by atomic mass is 10.1. The molecule has 1 aromatic heterocycles. The van der Waals surface area contributed by atoms with Gasteiger partial charge in [0.15, 0.2) is 5.75 Å². The van der Waals surface area contributed by atoms with Crippen LogP contribution in [0.4, 0.5) is 5.82 Å². The van der Waals surface area contributed by atoms with Crippen molar-refractivity contribution in [3.8, 4) is 11.5 Å². The molecule has 37 heavy (non-hydrogen) atoms. The van der Waals surface area contributed by atoms with Crippen LogP contribution in [0, 0.1) is 6.92 Å². The highest BCUT2D eigenvalue weighted by atomic mass is 35.5. The van der Waals surface area contributed by atoms with E-state index in [1.54, 1.807) is 19.4 Å². The van der Waals surface area contributed by atoms with Crippen molar-refractivity contribution in [1.82, 2.24) is 4.98 Å². The largest absolute Gasteiger partial charge is 0.497 e. The number of aryl methyl sites for hydroxylation is 1. The van der Waals surface area contributed by atoms with Gasteiger partial charge in [0.25, 0.3) is 0 Å². The molecule has 1 N–H and O–H groups in total. The maximum Gasteiger partial charge on any atom is 0.156 e. The Bertz CT molecular complexity index is 1080. The molecule has 0 atom stereocenters. The summed E-state index contributed by atoms with van der Waals surface area (Å²) >= 11 is 6.39. The van der Waals surface area contributed by atoms with E-state index in [1.165, 1.54) is 11.1 Å². The van der Waals surface area contributed by atoms with Crippen LogP contribution < -0.4 is 14.4 Å². The molecule has 0 radical (unpaired) electrons. The number of benzene rings is 2. The standard InChI is InChI=1S/C23H25ClN2O3.C7H18S/c1-17-3-5-18(6-4-17)15-26(16-19-7-9-20(28-2)10-8-19)23-13-21(24)22(14-25-23)29-12-11-27;1-7(2,3)8(4,5)6/h3-10,13-14,27H,11-12,15-16H2,1-2H3;1-6H3. The Balaban J connectivity index is 0.000000521. The lowest BCUT2D eigenvalue weighted by Crippen LogP contribution is -2.23. The molecule has 0 amide bonds. The maximum atomic E-state index is 8.94. The Morgan fingerprint density at radius 2 is 1.46 bits per heavy atom. The third-order valence-electron chi connectivity index (χ3n) is 6.34. The van der Waals surface area contributed by atoms with Crippen LogP contribution in [-0.2, 0) is 13.1 Å².